The maximum Gasteiger partial charge on any atom is 0.0939 e. The van der Waals surface area contributed by atoms with Gasteiger partial charge in [0.05, 0.1) is 5.84 Å². The number of rotatable bonds is 2. The second-order valence-corrected chi connectivity index (χ2v) is 3.02. The lowest BCUT2D eigenvalue weighted by atomic mass is 9.94. The van der Waals surface area contributed by atoms with E-state index in [0.29, 0.717) is 0 Å². The van der Waals surface area contributed by atoms with Crippen molar-refractivity contribution in [2.24, 2.45) is 16.6 Å². The molecule has 2 heteroatoms. The van der Waals surface area contributed by atoms with Crippen molar-refractivity contribution in [3.8, 4) is 0 Å². The van der Waals surface area contributed by atoms with E-state index in [1.165, 1.54) is 19.3 Å². The molecular formula is C8H16N2. The van der Waals surface area contributed by atoms with Gasteiger partial charge in [-0.15, -0.1) is 0 Å². The van der Waals surface area contributed by atoms with Gasteiger partial charge in [0.1, 0.15) is 0 Å². The van der Waals surface area contributed by atoms with Gasteiger partial charge in [-0.1, -0.05) is 19.8 Å². The molecule has 1 aliphatic heterocycles. The van der Waals surface area contributed by atoms with E-state index in [1.807, 2.05) is 0 Å². The summed E-state index contributed by atoms with van der Waals surface area (Å²) in [6, 6.07) is 0. The molecular weight excluding hydrogens is 124 g/mol. The topological polar surface area (TPSA) is 38.4 Å². The van der Waals surface area contributed by atoms with Crippen LogP contribution in [0.2, 0.25) is 0 Å². The van der Waals surface area contributed by atoms with Gasteiger partial charge in [-0.25, -0.2) is 0 Å². The molecule has 1 heterocycles. The molecule has 58 valence electrons. The Morgan fingerprint density at radius 2 is 2.50 bits per heavy atom. The zero-order chi connectivity index (χ0) is 7.40. The summed E-state index contributed by atoms with van der Waals surface area (Å²) in [6.07, 6.45) is 4.87. The summed E-state index contributed by atoms with van der Waals surface area (Å²) >= 11 is 0. The Labute approximate surface area is 62.5 Å². The minimum atomic E-state index is 0.822. The highest BCUT2D eigenvalue weighted by molar-refractivity contribution is 5.81. The van der Waals surface area contributed by atoms with Gasteiger partial charge in [-0.2, -0.15) is 0 Å². The van der Waals surface area contributed by atoms with Gasteiger partial charge in [0.25, 0.3) is 0 Å². The third-order valence-corrected chi connectivity index (χ3v) is 2.05. The average molecular weight is 140 g/mol. The van der Waals surface area contributed by atoms with E-state index >= 15 is 0 Å². The van der Waals surface area contributed by atoms with E-state index in [-0.39, 0.29) is 0 Å². The first-order chi connectivity index (χ1) is 4.83. The number of amidine groups is 1. The third-order valence-electron chi connectivity index (χ3n) is 2.05. The Morgan fingerprint density at radius 1 is 1.70 bits per heavy atom. The molecule has 0 fully saturated rings. The molecule has 0 amide bonds. The molecule has 0 spiro atoms. The predicted octanol–water partition coefficient (Wildman–Crippen LogP) is 1.55. The Balaban J connectivity index is 2.30. The maximum absolute atomic E-state index is 5.61. The summed E-state index contributed by atoms with van der Waals surface area (Å²) in [7, 11) is 0. The smallest absolute Gasteiger partial charge is 0.0939 e. The van der Waals surface area contributed by atoms with E-state index in [9.17, 15) is 0 Å². The lowest BCUT2D eigenvalue weighted by molar-refractivity contribution is 0.451. The van der Waals surface area contributed by atoms with Crippen LogP contribution in [-0.4, -0.2) is 12.4 Å². The SMILES string of the molecule is CCC[C@@H]1CCN=C(N)C1. The molecule has 0 saturated carbocycles. The molecule has 2 nitrogen and oxygen atoms in total. The monoisotopic (exact) mass is 140 g/mol. The molecule has 0 aliphatic carbocycles. The lowest BCUT2D eigenvalue weighted by Crippen LogP contribution is -2.22. The second kappa shape index (κ2) is 3.59. The van der Waals surface area contributed by atoms with Crippen LogP contribution >= 0.6 is 0 Å². The molecule has 0 unspecified atom stereocenters. The molecule has 0 aromatic rings. The van der Waals surface area contributed by atoms with Gasteiger partial charge < -0.3 is 5.73 Å². The zero-order valence-electron chi connectivity index (χ0n) is 6.64. The van der Waals surface area contributed by atoms with E-state index in [2.05, 4.69) is 11.9 Å². The molecule has 0 aromatic heterocycles. The molecule has 0 radical (unpaired) electrons. The van der Waals surface area contributed by atoms with Crippen molar-refractivity contribution in [1.29, 1.82) is 0 Å². The van der Waals surface area contributed by atoms with Gasteiger partial charge in [0.2, 0.25) is 0 Å². The molecule has 1 aliphatic rings. The highest BCUT2D eigenvalue weighted by Gasteiger charge is 2.12. The first-order valence-electron chi connectivity index (χ1n) is 4.11. The van der Waals surface area contributed by atoms with Gasteiger partial charge in [0.15, 0.2) is 0 Å². The van der Waals surface area contributed by atoms with Crippen molar-refractivity contribution in [2.75, 3.05) is 6.54 Å². The Morgan fingerprint density at radius 3 is 3.10 bits per heavy atom. The summed E-state index contributed by atoms with van der Waals surface area (Å²) in [5.41, 5.74) is 5.61. The Hall–Kier alpha value is -0.530. The van der Waals surface area contributed by atoms with E-state index in [4.69, 9.17) is 5.73 Å². The first-order valence-corrected chi connectivity index (χ1v) is 4.11. The van der Waals surface area contributed by atoms with Crippen LogP contribution in [0.5, 0.6) is 0 Å². The molecule has 10 heavy (non-hydrogen) atoms. The van der Waals surface area contributed by atoms with Crippen LogP contribution in [0.25, 0.3) is 0 Å². The van der Waals surface area contributed by atoms with Crippen LogP contribution in [0.15, 0.2) is 4.99 Å². The summed E-state index contributed by atoms with van der Waals surface area (Å²) in [6.45, 7) is 3.18. The molecule has 0 aromatic carbocycles. The van der Waals surface area contributed by atoms with E-state index in [1.54, 1.807) is 0 Å². The fourth-order valence-corrected chi connectivity index (χ4v) is 1.51. The number of nitrogens with zero attached hydrogens (tertiary/aromatic N) is 1. The van der Waals surface area contributed by atoms with Crippen molar-refractivity contribution in [2.45, 2.75) is 32.6 Å². The largest absolute Gasteiger partial charge is 0.387 e. The highest BCUT2D eigenvalue weighted by atomic mass is 14.9. The van der Waals surface area contributed by atoms with Crippen LogP contribution < -0.4 is 5.73 Å². The lowest BCUT2D eigenvalue weighted by Gasteiger charge is -2.18. The van der Waals surface area contributed by atoms with Crippen LogP contribution in [-0.2, 0) is 0 Å². The van der Waals surface area contributed by atoms with Crippen molar-refractivity contribution in [1.82, 2.24) is 0 Å². The number of nitrogens with two attached hydrogens (primary N) is 1. The zero-order valence-corrected chi connectivity index (χ0v) is 6.64. The van der Waals surface area contributed by atoms with Gasteiger partial charge in [0, 0.05) is 13.0 Å². The third kappa shape index (κ3) is 2.01. The minimum Gasteiger partial charge on any atom is -0.387 e. The standard InChI is InChI=1S/C8H16N2/c1-2-3-7-4-5-10-8(9)6-7/h7H,2-6H2,1H3,(H2,9,10)/t7-/m1/s1. The average Bonchev–Trinajstić information content (AvgIpc) is 1.88. The van der Waals surface area contributed by atoms with Crippen molar-refractivity contribution < 1.29 is 0 Å². The van der Waals surface area contributed by atoms with Gasteiger partial charge in [-0.3, -0.25) is 4.99 Å². The van der Waals surface area contributed by atoms with Crippen molar-refractivity contribution in [3.63, 3.8) is 0 Å². The predicted molar refractivity (Wildman–Crippen MR) is 44.1 cm³/mol. The summed E-state index contributed by atoms with van der Waals surface area (Å²) in [5, 5.41) is 0. The number of hydrogen-bond acceptors (Lipinski definition) is 2. The van der Waals surface area contributed by atoms with Gasteiger partial charge in [-0.05, 0) is 12.3 Å². The summed E-state index contributed by atoms with van der Waals surface area (Å²) < 4.78 is 0. The minimum absolute atomic E-state index is 0.822. The Bertz CT molecular complexity index is 129. The molecule has 1 atom stereocenters. The maximum atomic E-state index is 5.61. The highest BCUT2D eigenvalue weighted by Crippen LogP contribution is 2.18. The molecule has 1 rings (SSSR count). The molecule has 0 saturated heterocycles. The fraction of sp³-hybridized carbons (Fsp3) is 0.875. The van der Waals surface area contributed by atoms with E-state index < -0.39 is 0 Å². The fourth-order valence-electron chi connectivity index (χ4n) is 1.51. The van der Waals surface area contributed by atoms with Crippen LogP contribution in [0, 0.1) is 5.92 Å². The second-order valence-electron chi connectivity index (χ2n) is 3.02. The van der Waals surface area contributed by atoms with E-state index in [0.717, 1.165) is 24.7 Å². The first kappa shape index (κ1) is 7.58. The Kier molecular flexibility index (Phi) is 2.72. The summed E-state index contributed by atoms with van der Waals surface area (Å²) in [4.78, 5) is 4.16. The number of hydrogen-bond donors (Lipinski definition) is 1. The quantitative estimate of drug-likeness (QED) is 0.621. The van der Waals surface area contributed by atoms with Crippen LogP contribution in [0.3, 0.4) is 0 Å². The summed E-state index contributed by atoms with van der Waals surface area (Å²) in [5.74, 6) is 1.69. The van der Waals surface area contributed by atoms with Gasteiger partial charge >= 0.3 is 0 Å². The van der Waals surface area contributed by atoms with Crippen molar-refractivity contribution >= 4 is 5.84 Å². The molecule has 2 N–H and O–H groups in total. The van der Waals surface area contributed by atoms with Crippen LogP contribution in [0.4, 0.5) is 0 Å². The van der Waals surface area contributed by atoms with Crippen molar-refractivity contribution in [3.05, 3.63) is 0 Å². The van der Waals surface area contributed by atoms with Crippen LogP contribution in [0.1, 0.15) is 32.6 Å². The normalized spacial score (nSPS) is 26.1. The number of aliphatic imine (C=N–C) groups is 1. The molecule has 0 bridgehead atoms.